The van der Waals surface area contributed by atoms with Crippen LogP contribution in [-0.2, 0) is 4.74 Å². The second kappa shape index (κ2) is 5.86. The molecule has 1 saturated heterocycles. The summed E-state index contributed by atoms with van der Waals surface area (Å²) in [5.41, 5.74) is 0.384. The zero-order valence-electron chi connectivity index (χ0n) is 10.8. The van der Waals surface area contributed by atoms with E-state index >= 15 is 0 Å². The molecule has 1 unspecified atom stereocenters. The van der Waals surface area contributed by atoms with Crippen molar-refractivity contribution in [3.63, 3.8) is 0 Å². The topological polar surface area (TPSA) is 21.3 Å². The predicted octanol–water partition coefficient (Wildman–Crippen LogP) is 2.83. The van der Waals surface area contributed by atoms with Gasteiger partial charge in [-0.15, -0.1) is 0 Å². The van der Waals surface area contributed by atoms with E-state index in [1.807, 2.05) is 0 Å². The fourth-order valence-corrected chi connectivity index (χ4v) is 1.73. The van der Waals surface area contributed by atoms with Gasteiger partial charge in [-0.1, -0.05) is 27.7 Å². The lowest BCUT2D eigenvalue weighted by atomic mass is 9.81. The molecule has 1 aliphatic rings. The van der Waals surface area contributed by atoms with E-state index in [0.29, 0.717) is 11.5 Å². The van der Waals surface area contributed by atoms with Gasteiger partial charge in [0.15, 0.2) is 0 Å². The van der Waals surface area contributed by atoms with Gasteiger partial charge in [-0.3, -0.25) is 0 Å². The van der Waals surface area contributed by atoms with Crippen molar-refractivity contribution in [3.8, 4) is 0 Å². The van der Waals surface area contributed by atoms with Crippen molar-refractivity contribution >= 4 is 0 Å². The van der Waals surface area contributed by atoms with Gasteiger partial charge in [0.05, 0.1) is 6.10 Å². The first-order valence-corrected chi connectivity index (χ1v) is 6.34. The fourth-order valence-electron chi connectivity index (χ4n) is 1.73. The van der Waals surface area contributed by atoms with Crippen LogP contribution in [0.5, 0.6) is 0 Å². The summed E-state index contributed by atoms with van der Waals surface area (Å²) >= 11 is 0. The van der Waals surface area contributed by atoms with Gasteiger partial charge in [0.2, 0.25) is 0 Å². The highest BCUT2D eigenvalue weighted by atomic mass is 16.5. The molecule has 1 N–H and O–H groups in total. The first-order valence-electron chi connectivity index (χ1n) is 6.34. The molecule has 0 amide bonds. The fraction of sp³-hybridized carbons (Fsp3) is 1.00. The maximum atomic E-state index is 5.69. The normalized spacial score (nSPS) is 23.4. The van der Waals surface area contributed by atoms with Crippen LogP contribution in [-0.4, -0.2) is 25.8 Å². The highest BCUT2D eigenvalue weighted by molar-refractivity contribution is 4.76. The monoisotopic (exact) mass is 213 g/mol. The molecule has 0 aromatic carbocycles. The van der Waals surface area contributed by atoms with Gasteiger partial charge in [0, 0.05) is 19.7 Å². The average Bonchev–Trinajstić information content (AvgIpc) is 2.19. The van der Waals surface area contributed by atoms with Crippen LogP contribution < -0.4 is 5.32 Å². The molecule has 0 aromatic heterocycles. The summed E-state index contributed by atoms with van der Waals surface area (Å²) < 4.78 is 5.69. The molecule has 0 spiro atoms. The minimum atomic E-state index is 0.384. The predicted molar refractivity (Wildman–Crippen MR) is 65.1 cm³/mol. The van der Waals surface area contributed by atoms with E-state index in [1.54, 1.807) is 0 Å². The molecular weight excluding hydrogens is 186 g/mol. The molecule has 0 saturated carbocycles. The third-order valence-electron chi connectivity index (χ3n) is 3.79. The van der Waals surface area contributed by atoms with Gasteiger partial charge in [-0.2, -0.15) is 0 Å². The van der Waals surface area contributed by atoms with Crippen LogP contribution >= 0.6 is 0 Å². The Morgan fingerprint density at radius 3 is 2.60 bits per heavy atom. The number of rotatable bonds is 5. The largest absolute Gasteiger partial charge is 0.377 e. The summed E-state index contributed by atoms with van der Waals surface area (Å²) in [6.07, 6.45) is 4.27. The van der Waals surface area contributed by atoms with Gasteiger partial charge < -0.3 is 10.1 Å². The summed E-state index contributed by atoms with van der Waals surface area (Å²) in [5.74, 6) is 0.720. The van der Waals surface area contributed by atoms with Crippen molar-refractivity contribution in [3.05, 3.63) is 0 Å². The number of hydrogen-bond donors (Lipinski definition) is 1. The van der Waals surface area contributed by atoms with Crippen LogP contribution in [0.25, 0.3) is 0 Å². The Labute approximate surface area is 94.8 Å². The van der Waals surface area contributed by atoms with E-state index in [2.05, 4.69) is 33.0 Å². The molecule has 0 bridgehead atoms. The van der Waals surface area contributed by atoms with Crippen molar-refractivity contribution in [2.24, 2.45) is 11.3 Å². The van der Waals surface area contributed by atoms with Gasteiger partial charge in [0.1, 0.15) is 0 Å². The van der Waals surface area contributed by atoms with Crippen molar-refractivity contribution in [1.29, 1.82) is 0 Å². The van der Waals surface area contributed by atoms with Gasteiger partial charge in [0.25, 0.3) is 0 Å². The molecule has 0 aromatic rings. The summed E-state index contributed by atoms with van der Waals surface area (Å²) in [4.78, 5) is 0. The van der Waals surface area contributed by atoms with Crippen LogP contribution in [0.1, 0.15) is 47.0 Å². The van der Waals surface area contributed by atoms with Crippen LogP contribution in [0.4, 0.5) is 0 Å². The van der Waals surface area contributed by atoms with Gasteiger partial charge in [-0.05, 0) is 30.6 Å². The molecule has 90 valence electrons. The first kappa shape index (κ1) is 13.0. The summed E-state index contributed by atoms with van der Waals surface area (Å²) in [7, 11) is 0. The second-order valence-electron chi connectivity index (χ2n) is 5.76. The lowest BCUT2D eigenvalue weighted by molar-refractivity contribution is 0.0151. The Balaban J connectivity index is 2.14. The molecular formula is C13H27NO. The Morgan fingerprint density at radius 2 is 2.07 bits per heavy atom. The lowest BCUT2D eigenvalue weighted by Crippen LogP contribution is -2.39. The Morgan fingerprint density at radius 1 is 1.33 bits per heavy atom. The lowest BCUT2D eigenvalue weighted by Gasteiger charge is -2.31. The molecule has 1 heterocycles. The summed E-state index contributed by atoms with van der Waals surface area (Å²) in [5, 5.41) is 3.55. The SMILES string of the molecule is CC(C)C(C)(C)CNCC1CCCCO1. The van der Waals surface area contributed by atoms with Crippen molar-refractivity contribution in [1.82, 2.24) is 5.32 Å². The molecule has 2 nitrogen and oxygen atoms in total. The molecule has 0 radical (unpaired) electrons. The minimum absolute atomic E-state index is 0.384. The van der Waals surface area contributed by atoms with Crippen LogP contribution in [0.2, 0.25) is 0 Å². The Hall–Kier alpha value is -0.0800. The van der Waals surface area contributed by atoms with Crippen LogP contribution in [0.3, 0.4) is 0 Å². The molecule has 1 rings (SSSR count). The number of ether oxygens (including phenoxy) is 1. The molecule has 1 aliphatic heterocycles. The Bertz CT molecular complexity index is 171. The molecule has 1 atom stereocenters. The van der Waals surface area contributed by atoms with E-state index in [-0.39, 0.29) is 0 Å². The standard InChI is InChI=1S/C13H27NO/c1-11(2)13(3,4)10-14-9-12-7-5-6-8-15-12/h11-12,14H,5-10H2,1-4H3. The zero-order chi connectivity index (χ0) is 11.3. The highest BCUT2D eigenvalue weighted by Gasteiger charge is 2.22. The van der Waals surface area contributed by atoms with E-state index in [9.17, 15) is 0 Å². The minimum Gasteiger partial charge on any atom is -0.377 e. The zero-order valence-corrected chi connectivity index (χ0v) is 10.8. The highest BCUT2D eigenvalue weighted by Crippen LogP contribution is 2.24. The third-order valence-corrected chi connectivity index (χ3v) is 3.79. The second-order valence-corrected chi connectivity index (χ2v) is 5.76. The van der Waals surface area contributed by atoms with Crippen molar-refractivity contribution in [2.75, 3.05) is 19.7 Å². The van der Waals surface area contributed by atoms with Crippen LogP contribution in [0, 0.1) is 11.3 Å². The Kier molecular flexibility index (Phi) is 5.07. The van der Waals surface area contributed by atoms with E-state index in [4.69, 9.17) is 4.74 Å². The number of nitrogens with one attached hydrogen (secondary N) is 1. The summed E-state index contributed by atoms with van der Waals surface area (Å²) in [6, 6.07) is 0. The molecule has 0 aliphatic carbocycles. The van der Waals surface area contributed by atoms with Crippen molar-refractivity contribution < 1.29 is 4.74 Å². The van der Waals surface area contributed by atoms with Gasteiger partial charge in [-0.25, -0.2) is 0 Å². The van der Waals surface area contributed by atoms with Gasteiger partial charge >= 0.3 is 0 Å². The molecule has 15 heavy (non-hydrogen) atoms. The summed E-state index contributed by atoms with van der Waals surface area (Å²) in [6.45, 7) is 12.3. The molecule has 2 heteroatoms. The van der Waals surface area contributed by atoms with Crippen LogP contribution in [0.15, 0.2) is 0 Å². The maximum Gasteiger partial charge on any atom is 0.0699 e. The average molecular weight is 213 g/mol. The smallest absolute Gasteiger partial charge is 0.0699 e. The third kappa shape index (κ3) is 4.52. The van der Waals surface area contributed by atoms with Crippen molar-refractivity contribution in [2.45, 2.75) is 53.1 Å². The van der Waals surface area contributed by atoms with E-state index in [0.717, 1.165) is 25.6 Å². The number of hydrogen-bond acceptors (Lipinski definition) is 2. The quantitative estimate of drug-likeness (QED) is 0.758. The maximum absolute atomic E-state index is 5.69. The van der Waals surface area contributed by atoms with E-state index < -0.39 is 0 Å². The van der Waals surface area contributed by atoms with E-state index in [1.165, 1.54) is 19.3 Å². The first-order chi connectivity index (χ1) is 7.02. The molecule has 1 fully saturated rings.